The lowest BCUT2D eigenvalue weighted by molar-refractivity contribution is 1.25. The van der Waals surface area contributed by atoms with Crippen molar-refractivity contribution in [3.63, 3.8) is 0 Å². The maximum Gasteiger partial charge on any atom is 0.0898 e. The van der Waals surface area contributed by atoms with E-state index in [1.54, 1.807) is 10.8 Å². The summed E-state index contributed by atoms with van der Waals surface area (Å²) in [6.45, 7) is 2.09. The molecule has 2 nitrogen and oxygen atoms in total. The summed E-state index contributed by atoms with van der Waals surface area (Å²) in [4.78, 5) is 1.22. The highest BCUT2D eigenvalue weighted by atomic mass is 35.5. The maximum atomic E-state index is 5.87. The van der Waals surface area contributed by atoms with E-state index in [9.17, 15) is 0 Å². The third-order valence-corrected chi connectivity index (χ3v) is 4.71. The monoisotopic (exact) mass is 329 g/mol. The number of fused-ring (bicyclic) bond motifs is 1. The molecule has 0 atom stereocenters. The largest absolute Gasteiger partial charge is 0.355 e. The molecule has 0 saturated carbocycles. The molecule has 6 heteroatoms. The lowest BCUT2D eigenvalue weighted by Gasteiger charge is -2.09. The lowest BCUT2D eigenvalue weighted by Crippen LogP contribution is -1.92. The minimum absolute atomic E-state index is 0. The summed E-state index contributed by atoms with van der Waals surface area (Å²) in [6, 6.07) is 11.9. The van der Waals surface area contributed by atoms with Gasteiger partial charge in [-0.25, -0.2) is 4.72 Å². The third kappa shape index (κ3) is 3.26. The molecule has 0 saturated heterocycles. The average Bonchev–Trinajstić information content (AvgIpc) is 2.81. The molecule has 1 heterocycles. The molecule has 1 aliphatic heterocycles. The first-order valence-electron chi connectivity index (χ1n) is 5.44. The van der Waals surface area contributed by atoms with Crippen LogP contribution in [0.2, 0.25) is 5.02 Å². The molecule has 0 unspecified atom stereocenters. The first kappa shape index (κ1) is 14.7. The number of aryl methyl sites for hydroxylation is 1. The van der Waals surface area contributed by atoms with E-state index in [0.717, 1.165) is 22.1 Å². The predicted octanol–water partition coefficient (Wildman–Crippen LogP) is 5.72. The van der Waals surface area contributed by atoms with Gasteiger partial charge in [-0.3, -0.25) is 0 Å². The Morgan fingerprint density at radius 1 is 1.11 bits per heavy atom. The molecule has 19 heavy (non-hydrogen) atoms. The van der Waals surface area contributed by atoms with Crippen molar-refractivity contribution in [2.45, 2.75) is 11.8 Å². The topological polar surface area (TPSA) is 26.1 Å². The fourth-order valence-electron chi connectivity index (χ4n) is 1.80. The van der Waals surface area contributed by atoms with Gasteiger partial charge in [0.1, 0.15) is 0 Å². The Labute approximate surface area is 131 Å². The first-order chi connectivity index (χ1) is 8.72. The van der Waals surface area contributed by atoms with Crippen LogP contribution in [0.1, 0.15) is 5.56 Å². The van der Waals surface area contributed by atoms with E-state index in [1.807, 2.05) is 24.3 Å². The second kappa shape index (κ2) is 6.18. The van der Waals surface area contributed by atoms with Crippen molar-refractivity contribution >= 4 is 62.8 Å². The third-order valence-electron chi connectivity index (χ3n) is 2.65. The molecule has 0 amide bonds. The van der Waals surface area contributed by atoms with Crippen LogP contribution in [-0.4, -0.2) is 0 Å². The highest BCUT2D eigenvalue weighted by Crippen LogP contribution is 2.47. The Morgan fingerprint density at radius 3 is 2.58 bits per heavy atom. The molecule has 1 radical (unpaired) electrons. The summed E-state index contributed by atoms with van der Waals surface area (Å²) in [5, 5.41) is 4.13. The molecule has 0 spiro atoms. The summed E-state index contributed by atoms with van der Waals surface area (Å²) in [5.74, 6) is 0. The van der Waals surface area contributed by atoms with Gasteiger partial charge in [0.2, 0.25) is 0 Å². The SMILES string of the molecule is Cc1cc(Nc2ccc(Cl)cc2)cc2c1[N]SS2.Cl. The fourth-order valence-corrected chi connectivity index (χ4v) is 3.83. The number of halogens is 2. The van der Waals surface area contributed by atoms with Crippen LogP contribution in [0.25, 0.3) is 0 Å². The lowest BCUT2D eigenvalue weighted by atomic mass is 10.1. The molecule has 1 N–H and O–H groups in total. The van der Waals surface area contributed by atoms with Gasteiger partial charge in [-0.2, -0.15) is 0 Å². The summed E-state index contributed by atoms with van der Waals surface area (Å²) in [7, 11) is 3.23. The number of benzene rings is 2. The minimum Gasteiger partial charge on any atom is -0.355 e. The van der Waals surface area contributed by atoms with Crippen LogP contribution in [0.15, 0.2) is 41.3 Å². The second-order valence-corrected chi connectivity index (χ2v) is 6.34. The molecule has 2 aromatic carbocycles. The van der Waals surface area contributed by atoms with Gasteiger partial charge in [0.25, 0.3) is 0 Å². The van der Waals surface area contributed by atoms with Crippen LogP contribution in [0, 0.1) is 6.92 Å². The Hall–Kier alpha value is -0.680. The van der Waals surface area contributed by atoms with E-state index >= 15 is 0 Å². The van der Waals surface area contributed by atoms with Crippen molar-refractivity contribution in [1.82, 2.24) is 4.72 Å². The average molecular weight is 330 g/mol. The van der Waals surface area contributed by atoms with Crippen molar-refractivity contribution in [2.24, 2.45) is 0 Å². The summed E-state index contributed by atoms with van der Waals surface area (Å²) in [6.07, 6.45) is 0. The first-order valence-corrected chi connectivity index (χ1v) is 7.93. The Bertz CT molecular complexity index is 588. The Kier molecular flexibility index (Phi) is 4.79. The van der Waals surface area contributed by atoms with Gasteiger partial charge in [0.15, 0.2) is 0 Å². The maximum absolute atomic E-state index is 5.87. The van der Waals surface area contributed by atoms with E-state index in [1.165, 1.54) is 21.4 Å². The highest BCUT2D eigenvalue weighted by Gasteiger charge is 2.17. The zero-order valence-electron chi connectivity index (χ0n) is 10.0. The van der Waals surface area contributed by atoms with Gasteiger partial charge in [-0.1, -0.05) is 11.6 Å². The molecule has 2 aromatic rings. The molecule has 0 aromatic heterocycles. The molecule has 3 rings (SSSR count). The smallest absolute Gasteiger partial charge is 0.0898 e. The van der Waals surface area contributed by atoms with Gasteiger partial charge in [0, 0.05) is 32.3 Å². The molecule has 0 aliphatic carbocycles. The molecule has 99 valence electrons. The van der Waals surface area contributed by atoms with Crippen LogP contribution in [-0.2, 0) is 0 Å². The zero-order valence-corrected chi connectivity index (χ0v) is 13.2. The van der Waals surface area contributed by atoms with Crippen LogP contribution >= 0.6 is 45.8 Å². The van der Waals surface area contributed by atoms with E-state index < -0.39 is 0 Å². The number of hydrogen-bond acceptors (Lipinski definition) is 3. The van der Waals surface area contributed by atoms with Crippen LogP contribution in [0.3, 0.4) is 0 Å². The van der Waals surface area contributed by atoms with E-state index in [0.29, 0.717) is 0 Å². The van der Waals surface area contributed by atoms with Crippen LogP contribution in [0.4, 0.5) is 17.1 Å². The van der Waals surface area contributed by atoms with Crippen LogP contribution in [0.5, 0.6) is 0 Å². The van der Waals surface area contributed by atoms with E-state index in [-0.39, 0.29) is 12.4 Å². The van der Waals surface area contributed by atoms with Gasteiger partial charge >= 0.3 is 0 Å². The van der Waals surface area contributed by atoms with Crippen molar-refractivity contribution in [1.29, 1.82) is 0 Å². The number of rotatable bonds is 2. The van der Waals surface area contributed by atoms with Gasteiger partial charge < -0.3 is 5.32 Å². The van der Waals surface area contributed by atoms with E-state index in [4.69, 9.17) is 11.6 Å². The molecule has 0 bridgehead atoms. The second-order valence-electron chi connectivity index (χ2n) is 4.02. The Morgan fingerprint density at radius 2 is 1.84 bits per heavy atom. The minimum atomic E-state index is 0. The summed E-state index contributed by atoms with van der Waals surface area (Å²) in [5.41, 5.74) is 4.42. The van der Waals surface area contributed by atoms with Gasteiger partial charge in [-0.15, -0.1) is 12.4 Å². The summed E-state index contributed by atoms with van der Waals surface area (Å²) < 4.78 is 4.39. The molecular weight excluding hydrogens is 319 g/mol. The quantitative estimate of drug-likeness (QED) is 0.563. The number of nitrogens with zero attached hydrogens (tertiary/aromatic N) is 1. The zero-order chi connectivity index (χ0) is 12.5. The van der Waals surface area contributed by atoms with Gasteiger partial charge in [-0.05, 0) is 59.7 Å². The standard InChI is InChI=1S/C13H10ClN2S2.ClH/c1-8-6-11(7-12-13(8)16-18-17-12)15-10-4-2-9(14)3-5-10;/h2-7,15H,1H3;1H. The number of hydrogen-bond donors (Lipinski definition) is 1. The molecular formula is C13H11Cl2N2S2. The molecule has 1 aliphatic rings. The number of nitrogens with one attached hydrogen (secondary N) is 1. The normalized spacial score (nSPS) is 12.3. The van der Waals surface area contributed by atoms with E-state index in [2.05, 4.69) is 29.1 Å². The summed E-state index contributed by atoms with van der Waals surface area (Å²) >= 11 is 5.87. The molecule has 0 fully saturated rings. The van der Waals surface area contributed by atoms with Gasteiger partial charge in [0.05, 0.1) is 5.69 Å². The van der Waals surface area contributed by atoms with Crippen LogP contribution < -0.4 is 10.0 Å². The van der Waals surface area contributed by atoms with Crippen molar-refractivity contribution < 1.29 is 0 Å². The number of anilines is 2. The van der Waals surface area contributed by atoms with Crippen molar-refractivity contribution in [2.75, 3.05) is 5.32 Å². The Balaban J connectivity index is 0.00000133. The van der Waals surface area contributed by atoms with Crippen molar-refractivity contribution in [3.8, 4) is 0 Å². The highest BCUT2D eigenvalue weighted by molar-refractivity contribution is 8.76. The van der Waals surface area contributed by atoms with Crippen molar-refractivity contribution in [3.05, 3.63) is 47.0 Å². The predicted molar refractivity (Wildman–Crippen MR) is 88.4 cm³/mol. The fraction of sp³-hybridized carbons (Fsp3) is 0.0769.